The molecule has 7 nitrogen and oxygen atoms in total. The molecule has 0 heterocycles. The van der Waals surface area contributed by atoms with E-state index in [0.717, 1.165) is 6.07 Å². The van der Waals surface area contributed by atoms with Crippen LogP contribution in [0.15, 0.2) is 77.7 Å². The second kappa shape index (κ2) is 8.90. The van der Waals surface area contributed by atoms with E-state index in [2.05, 4.69) is 5.32 Å². The Labute approximate surface area is 178 Å². The second-order valence-corrected chi connectivity index (χ2v) is 8.13. The van der Waals surface area contributed by atoms with Gasteiger partial charge in [-0.3, -0.25) is 10.2 Å². The molecule has 3 rings (SSSR count). The topological polar surface area (TPSA) is 139 Å². The minimum absolute atomic E-state index is 0.0658. The van der Waals surface area contributed by atoms with Gasteiger partial charge >= 0.3 is 0 Å². The summed E-state index contributed by atoms with van der Waals surface area (Å²) in [6.45, 7) is 0. The summed E-state index contributed by atoms with van der Waals surface area (Å²) < 4.78 is 38.1. The van der Waals surface area contributed by atoms with Crippen LogP contribution in [0.2, 0.25) is 0 Å². The van der Waals surface area contributed by atoms with Gasteiger partial charge < -0.3 is 11.1 Å². The Bertz CT molecular complexity index is 1300. The van der Waals surface area contributed by atoms with Crippen molar-refractivity contribution in [2.75, 3.05) is 5.32 Å². The lowest BCUT2D eigenvalue weighted by atomic mass is 10.0. The van der Waals surface area contributed by atoms with Gasteiger partial charge in [-0.25, -0.2) is 17.9 Å². The Hall–Kier alpha value is -3.82. The summed E-state index contributed by atoms with van der Waals surface area (Å²) in [5.74, 6) is -1.39. The van der Waals surface area contributed by atoms with Crippen molar-refractivity contribution >= 4 is 33.5 Å². The van der Waals surface area contributed by atoms with Gasteiger partial charge in [0.1, 0.15) is 11.7 Å². The first-order valence-electron chi connectivity index (χ1n) is 9.00. The number of primary sulfonamides is 1. The van der Waals surface area contributed by atoms with Crippen LogP contribution >= 0.6 is 0 Å². The number of hydrogen-bond acceptors (Lipinski definition) is 4. The highest BCUT2D eigenvalue weighted by Gasteiger charge is 2.16. The summed E-state index contributed by atoms with van der Waals surface area (Å²) in [7, 11) is -3.99. The van der Waals surface area contributed by atoms with Crippen molar-refractivity contribution in [1.29, 1.82) is 5.41 Å². The molecule has 3 aromatic carbocycles. The van der Waals surface area contributed by atoms with Gasteiger partial charge in [0, 0.05) is 17.2 Å². The number of nitrogens with one attached hydrogen (secondary N) is 2. The van der Waals surface area contributed by atoms with Gasteiger partial charge in [-0.1, -0.05) is 42.5 Å². The molecular weight excluding hydrogens is 419 g/mol. The van der Waals surface area contributed by atoms with Crippen LogP contribution in [0.25, 0.3) is 17.2 Å². The Balaban J connectivity index is 1.79. The number of amides is 1. The first kappa shape index (κ1) is 21.9. The maximum absolute atomic E-state index is 14.6. The van der Waals surface area contributed by atoms with Gasteiger partial charge in [-0.2, -0.15) is 0 Å². The zero-order chi connectivity index (χ0) is 22.6. The van der Waals surface area contributed by atoms with Gasteiger partial charge in [0.2, 0.25) is 15.9 Å². The summed E-state index contributed by atoms with van der Waals surface area (Å²) in [6.07, 6.45) is 2.74. The molecule has 3 aromatic rings. The van der Waals surface area contributed by atoms with Crippen LogP contribution in [0.3, 0.4) is 0 Å². The maximum atomic E-state index is 14.6. The van der Waals surface area contributed by atoms with E-state index in [1.54, 1.807) is 30.3 Å². The standard InChI is InChI=1S/C22H19FN4O3S/c23-18-13-15(17-6-1-2-7-20(17)31(26,29)30)9-10-19(18)27-21(28)11-8-14-4-3-5-16(12-14)22(24)25/h1-13H,(H3,24,25)(H,27,28)(H2,26,29,30). The number of hydrogen-bond donors (Lipinski definition) is 4. The molecule has 31 heavy (non-hydrogen) atoms. The van der Waals surface area contributed by atoms with Crippen LogP contribution in [0.5, 0.6) is 0 Å². The molecule has 0 saturated carbocycles. The molecule has 1 amide bonds. The Kier molecular flexibility index (Phi) is 6.28. The van der Waals surface area contributed by atoms with E-state index in [0.29, 0.717) is 16.7 Å². The maximum Gasteiger partial charge on any atom is 0.248 e. The SMILES string of the molecule is N=C(N)c1cccc(C=CC(=O)Nc2ccc(-c3ccccc3S(N)(=O)=O)cc2F)c1. The van der Waals surface area contributed by atoms with Crippen molar-refractivity contribution in [2.24, 2.45) is 10.9 Å². The fourth-order valence-corrected chi connectivity index (χ4v) is 3.65. The van der Waals surface area contributed by atoms with Crippen LogP contribution in [-0.2, 0) is 14.8 Å². The number of benzene rings is 3. The van der Waals surface area contributed by atoms with Crippen LogP contribution < -0.4 is 16.2 Å². The molecular formula is C22H19FN4O3S. The normalized spacial score (nSPS) is 11.4. The third-order valence-electron chi connectivity index (χ3n) is 4.36. The average molecular weight is 438 g/mol. The number of halogens is 1. The molecule has 0 aliphatic carbocycles. The van der Waals surface area contributed by atoms with Crippen LogP contribution in [0.1, 0.15) is 11.1 Å². The molecule has 9 heteroatoms. The summed E-state index contributed by atoms with van der Waals surface area (Å²) in [4.78, 5) is 12.0. The predicted molar refractivity (Wildman–Crippen MR) is 118 cm³/mol. The van der Waals surface area contributed by atoms with Crippen molar-refractivity contribution in [3.63, 3.8) is 0 Å². The molecule has 0 bridgehead atoms. The van der Waals surface area contributed by atoms with Gasteiger partial charge in [0.15, 0.2) is 0 Å². The van der Waals surface area contributed by atoms with Crippen molar-refractivity contribution in [1.82, 2.24) is 0 Å². The lowest BCUT2D eigenvalue weighted by molar-refractivity contribution is -0.111. The number of amidine groups is 1. The largest absolute Gasteiger partial charge is 0.384 e. The van der Waals surface area contributed by atoms with Crippen molar-refractivity contribution in [2.45, 2.75) is 4.90 Å². The predicted octanol–water partition coefficient (Wildman–Crippen LogP) is 3.08. The van der Waals surface area contributed by atoms with E-state index in [9.17, 15) is 17.6 Å². The van der Waals surface area contributed by atoms with E-state index in [1.165, 1.54) is 42.5 Å². The number of nitrogen functional groups attached to an aromatic ring is 1. The Morgan fingerprint density at radius 1 is 1.03 bits per heavy atom. The summed E-state index contributed by atoms with van der Waals surface area (Å²) in [5, 5.41) is 15.1. The van der Waals surface area contributed by atoms with Crippen molar-refractivity contribution in [3.8, 4) is 11.1 Å². The fraction of sp³-hybridized carbons (Fsp3) is 0. The van der Waals surface area contributed by atoms with Gasteiger partial charge in [-0.15, -0.1) is 0 Å². The molecule has 158 valence electrons. The van der Waals surface area contributed by atoms with Gasteiger partial charge in [-0.05, 0) is 41.5 Å². The minimum Gasteiger partial charge on any atom is -0.384 e. The summed E-state index contributed by atoms with van der Waals surface area (Å²) in [5.41, 5.74) is 7.10. The molecule has 0 aliphatic heterocycles. The monoisotopic (exact) mass is 438 g/mol. The van der Waals surface area contributed by atoms with Gasteiger partial charge in [0.25, 0.3) is 0 Å². The van der Waals surface area contributed by atoms with Crippen molar-refractivity contribution in [3.05, 3.63) is 89.8 Å². The molecule has 0 aliphatic rings. The van der Waals surface area contributed by atoms with E-state index >= 15 is 0 Å². The van der Waals surface area contributed by atoms with E-state index in [1.807, 2.05) is 0 Å². The first-order valence-corrected chi connectivity index (χ1v) is 10.5. The molecule has 0 atom stereocenters. The number of carbonyl (C=O) groups is 1. The highest BCUT2D eigenvalue weighted by atomic mass is 32.2. The molecule has 0 saturated heterocycles. The first-order chi connectivity index (χ1) is 14.6. The number of anilines is 1. The molecule has 0 aromatic heterocycles. The smallest absolute Gasteiger partial charge is 0.248 e. The average Bonchev–Trinajstić information content (AvgIpc) is 2.73. The number of carbonyl (C=O) groups excluding carboxylic acids is 1. The van der Waals surface area contributed by atoms with Crippen LogP contribution in [0, 0.1) is 11.2 Å². The number of sulfonamides is 1. The molecule has 0 radical (unpaired) electrons. The zero-order valence-electron chi connectivity index (χ0n) is 16.2. The molecule has 0 unspecified atom stereocenters. The summed E-state index contributed by atoms with van der Waals surface area (Å²) in [6, 6.07) is 16.7. The van der Waals surface area contributed by atoms with Crippen LogP contribution in [0.4, 0.5) is 10.1 Å². The molecule has 0 spiro atoms. The molecule has 0 fully saturated rings. The quantitative estimate of drug-likeness (QED) is 0.267. The fourth-order valence-electron chi connectivity index (χ4n) is 2.89. The zero-order valence-corrected chi connectivity index (χ0v) is 17.0. The summed E-state index contributed by atoms with van der Waals surface area (Å²) >= 11 is 0. The van der Waals surface area contributed by atoms with E-state index in [-0.39, 0.29) is 22.0 Å². The highest BCUT2D eigenvalue weighted by Crippen LogP contribution is 2.29. The van der Waals surface area contributed by atoms with Crippen molar-refractivity contribution < 1.29 is 17.6 Å². The number of rotatable bonds is 6. The Morgan fingerprint density at radius 2 is 1.77 bits per heavy atom. The van der Waals surface area contributed by atoms with E-state index in [4.69, 9.17) is 16.3 Å². The van der Waals surface area contributed by atoms with Crippen LogP contribution in [-0.4, -0.2) is 20.2 Å². The minimum atomic E-state index is -3.99. The Morgan fingerprint density at radius 3 is 2.45 bits per heavy atom. The van der Waals surface area contributed by atoms with E-state index < -0.39 is 21.7 Å². The van der Waals surface area contributed by atoms with Gasteiger partial charge in [0.05, 0.1) is 10.6 Å². The third kappa shape index (κ3) is 5.41. The second-order valence-electron chi connectivity index (χ2n) is 6.60. The lowest BCUT2D eigenvalue weighted by Crippen LogP contribution is -2.13. The lowest BCUT2D eigenvalue weighted by Gasteiger charge is -2.10. The third-order valence-corrected chi connectivity index (χ3v) is 5.33. The number of nitrogens with two attached hydrogens (primary N) is 2. The highest BCUT2D eigenvalue weighted by molar-refractivity contribution is 7.89. The molecule has 6 N–H and O–H groups in total.